The van der Waals surface area contributed by atoms with Gasteiger partial charge in [-0.25, -0.2) is 0 Å². The van der Waals surface area contributed by atoms with Crippen LogP contribution in [-0.4, -0.2) is 17.6 Å². The standard InChI is InChI=1S/C17H12F2N2O2S/c18-16(19)23-13-8-6-11(7-9-13)10-14-15(22)21(17(24)20-14)12-4-2-1-3-5-12/h1-10,16H,(H,20,24). The van der Waals surface area contributed by atoms with E-state index in [1.54, 1.807) is 30.3 Å². The summed E-state index contributed by atoms with van der Waals surface area (Å²) in [6, 6.07) is 15.0. The number of alkyl halides is 2. The van der Waals surface area contributed by atoms with E-state index in [1.807, 2.05) is 18.2 Å². The molecule has 1 aliphatic rings. The molecule has 3 rings (SSSR count). The van der Waals surface area contributed by atoms with Crippen LogP contribution in [0.2, 0.25) is 0 Å². The molecule has 2 aromatic rings. The normalized spacial score (nSPS) is 16.0. The van der Waals surface area contributed by atoms with Gasteiger partial charge in [0.05, 0.1) is 5.69 Å². The van der Waals surface area contributed by atoms with Crippen LogP contribution in [0.25, 0.3) is 6.08 Å². The maximum atomic E-state index is 12.5. The van der Waals surface area contributed by atoms with Crippen molar-refractivity contribution < 1.29 is 18.3 Å². The van der Waals surface area contributed by atoms with Gasteiger partial charge in [0.1, 0.15) is 11.4 Å². The number of halogens is 2. The van der Waals surface area contributed by atoms with Crippen LogP contribution in [0.3, 0.4) is 0 Å². The number of carbonyl (C=O) groups is 1. The van der Waals surface area contributed by atoms with Crippen LogP contribution in [0, 0.1) is 0 Å². The molecule has 1 saturated heterocycles. The van der Waals surface area contributed by atoms with E-state index >= 15 is 0 Å². The molecule has 122 valence electrons. The molecule has 0 aliphatic carbocycles. The number of nitrogens with one attached hydrogen (secondary N) is 1. The molecule has 24 heavy (non-hydrogen) atoms. The van der Waals surface area contributed by atoms with E-state index < -0.39 is 6.61 Å². The fourth-order valence-electron chi connectivity index (χ4n) is 2.26. The molecule has 4 nitrogen and oxygen atoms in total. The highest BCUT2D eigenvalue weighted by Gasteiger charge is 2.31. The lowest BCUT2D eigenvalue weighted by Gasteiger charge is -2.13. The number of nitrogens with zero attached hydrogens (tertiary/aromatic N) is 1. The monoisotopic (exact) mass is 346 g/mol. The first kappa shape index (κ1) is 16.1. The molecule has 2 aromatic carbocycles. The third-order valence-corrected chi connectivity index (χ3v) is 3.59. The first-order valence-corrected chi connectivity index (χ1v) is 7.42. The summed E-state index contributed by atoms with van der Waals surface area (Å²) in [5.74, 6) is -0.224. The number of hydrogen-bond donors (Lipinski definition) is 1. The molecule has 0 radical (unpaired) electrons. The van der Waals surface area contributed by atoms with Crippen molar-refractivity contribution in [1.82, 2.24) is 5.32 Å². The van der Waals surface area contributed by atoms with Gasteiger partial charge < -0.3 is 10.1 Å². The first-order valence-electron chi connectivity index (χ1n) is 7.01. The van der Waals surface area contributed by atoms with Gasteiger partial charge in [-0.2, -0.15) is 8.78 Å². The van der Waals surface area contributed by atoms with E-state index in [0.717, 1.165) is 0 Å². The number of ether oxygens (including phenoxy) is 1. The van der Waals surface area contributed by atoms with E-state index in [-0.39, 0.29) is 16.8 Å². The number of rotatable bonds is 4. The molecule has 1 fully saturated rings. The number of thiocarbonyl (C=S) groups is 1. The number of benzene rings is 2. The summed E-state index contributed by atoms with van der Waals surface area (Å²) in [4.78, 5) is 13.9. The molecule has 0 atom stereocenters. The molecule has 7 heteroatoms. The Labute approximate surface area is 142 Å². The molecular formula is C17H12F2N2O2S. The van der Waals surface area contributed by atoms with Gasteiger partial charge >= 0.3 is 6.61 Å². The third-order valence-electron chi connectivity index (χ3n) is 3.31. The Balaban J connectivity index is 1.81. The quantitative estimate of drug-likeness (QED) is 0.679. The first-order chi connectivity index (χ1) is 11.5. The summed E-state index contributed by atoms with van der Waals surface area (Å²) < 4.78 is 28.6. The largest absolute Gasteiger partial charge is 0.435 e. The number of anilines is 1. The van der Waals surface area contributed by atoms with Crippen LogP contribution >= 0.6 is 12.2 Å². The minimum atomic E-state index is -2.87. The Morgan fingerprint density at radius 1 is 1.08 bits per heavy atom. The van der Waals surface area contributed by atoms with Gasteiger partial charge in [0.2, 0.25) is 0 Å². The topological polar surface area (TPSA) is 41.6 Å². The van der Waals surface area contributed by atoms with Gasteiger partial charge in [-0.05, 0) is 48.1 Å². The summed E-state index contributed by atoms with van der Waals surface area (Å²) in [7, 11) is 0. The maximum absolute atomic E-state index is 12.5. The van der Waals surface area contributed by atoms with E-state index in [0.29, 0.717) is 16.9 Å². The molecule has 0 saturated carbocycles. The number of hydrogen-bond acceptors (Lipinski definition) is 3. The fraction of sp³-hybridized carbons (Fsp3) is 0.0588. The van der Waals surface area contributed by atoms with Crippen molar-refractivity contribution in [3.8, 4) is 5.75 Å². The predicted octanol–water partition coefficient (Wildman–Crippen LogP) is 3.55. The predicted molar refractivity (Wildman–Crippen MR) is 90.7 cm³/mol. The minimum Gasteiger partial charge on any atom is -0.435 e. The zero-order valence-electron chi connectivity index (χ0n) is 12.3. The van der Waals surface area contributed by atoms with Crippen LogP contribution in [0.1, 0.15) is 5.56 Å². The molecule has 1 amide bonds. The highest BCUT2D eigenvalue weighted by molar-refractivity contribution is 7.80. The number of amides is 1. The van der Waals surface area contributed by atoms with Crippen LogP contribution in [-0.2, 0) is 4.79 Å². The van der Waals surface area contributed by atoms with Crippen LogP contribution in [0.15, 0.2) is 60.3 Å². The van der Waals surface area contributed by atoms with Crippen LogP contribution in [0.5, 0.6) is 5.75 Å². The smallest absolute Gasteiger partial charge is 0.387 e. The third kappa shape index (κ3) is 3.41. The highest BCUT2D eigenvalue weighted by Crippen LogP contribution is 2.23. The fourth-order valence-corrected chi connectivity index (χ4v) is 2.56. The van der Waals surface area contributed by atoms with Gasteiger partial charge in [-0.15, -0.1) is 0 Å². The second kappa shape index (κ2) is 6.76. The van der Waals surface area contributed by atoms with Crippen LogP contribution < -0.4 is 15.0 Å². The average molecular weight is 346 g/mol. The summed E-state index contributed by atoms with van der Waals surface area (Å²) >= 11 is 5.21. The average Bonchev–Trinajstić information content (AvgIpc) is 2.83. The SMILES string of the molecule is O=C1C(=Cc2ccc(OC(F)F)cc2)NC(=S)N1c1ccccc1. The maximum Gasteiger partial charge on any atom is 0.387 e. The van der Waals surface area contributed by atoms with Crippen molar-refractivity contribution >= 4 is 35.0 Å². The Morgan fingerprint density at radius 2 is 1.75 bits per heavy atom. The molecule has 1 N–H and O–H groups in total. The van der Waals surface area contributed by atoms with Gasteiger partial charge in [-0.3, -0.25) is 9.69 Å². The highest BCUT2D eigenvalue weighted by atomic mass is 32.1. The zero-order valence-corrected chi connectivity index (χ0v) is 13.1. The van der Waals surface area contributed by atoms with E-state index in [2.05, 4.69) is 10.1 Å². The Hall–Kier alpha value is -2.80. The summed E-state index contributed by atoms with van der Waals surface area (Å²) in [5.41, 5.74) is 1.64. The lowest BCUT2D eigenvalue weighted by Crippen LogP contribution is -2.30. The molecule has 0 bridgehead atoms. The van der Waals surface area contributed by atoms with Gasteiger partial charge in [0.15, 0.2) is 5.11 Å². The Morgan fingerprint density at radius 3 is 2.38 bits per heavy atom. The number of para-hydroxylation sites is 1. The van der Waals surface area contributed by atoms with Gasteiger partial charge in [-0.1, -0.05) is 30.3 Å². The van der Waals surface area contributed by atoms with Crippen molar-refractivity contribution in [2.24, 2.45) is 0 Å². The van der Waals surface area contributed by atoms with Crippen molar-refractivity contribution in [1.29, 1.82) is 0 Å². The lowest BCUT2D eigenvalue weighted by molar-refractivity contribution is -0.113. The van der Waals surface area contributed by atoms with E-state index in [4.69, 9.17) is 12.2 Å². The van der Waals surface area contributed by atoms with Crippen LogP contribution in [0.4, 0.5) is 14.5 Å². The molecule has 1 aliphatic heterocycles. The lowest BCUT2D eigenvalue weighted by atomic mass is 10.2. The number of carbonyl (C=O) groups excluding carboxylic acids is 1. The Bertz CT molecular complexity index is 792. The van der Waals surface area contributed by atoms with Crippen molar-refractivity contribution in [3.05, 3.63) is 65.9 Å². The summed E-state index contributed by atoms with van der Waals surface area (Å²) in [6.07, 6.45) is 1.60. The van der Waals surface area contributed by atoms with Crippen molar-refractivity contribution in [2.45, 2.75) is 6.61 Å². The van der Waals surface area contributed by atoms with E-state index in [9.17, 15) is 13.6 Å². The van der Waals surface area contributed by atoms with Crippen molar-refractivity contribution in [2.75, 3.05) is 4.90 Å². The van der Waals surface area contributed by atoms with Gasteiger partial charge in [0, 0.05) is 0 Å². The summed E-state index contributed by atoms with van der Waals surface area (Å²) in [6.45, 7) is -2.87. The molecule has 1 heterocycles. The Kier molecular flexibility index (Phi) is 4.52. The van der Waals surface area contributed by atoms with Gasteiger partial charge in [0.25, 0.3) is 5.91 Å². The molecule has 0 unspecified atom stereocenters. The molecule has 0 spiro atoms. The minimum absolute atomic E-state index is 0.0549. The summed E-state index contributed by atoms with van der Waals surface area (Å²) in [5, 5.41) is 3.15. The molecule has 0 aromatic heterocycles. The second-order valence-corrected chi connectivity index (χ2v) is 5.30. The van der Waals surface area contributed by atoms with E-state index in [1.165, 1.54) is 17.0 Å². The zero-order chi connectivity index (χ0) is 17.1. The van der Waals surface area contributed by atoms with Crippen molar-refractivity contribution in [3.63, 3.8) is 0 Å². The molecular weight excluding hydrogens is 334 g/mol. The second-order valence-electron chi connectivity index (χ2n) is 4.91.